The molecule has 0 aliphatic heterocycles. The first-order valence-corrected chi connectivity index (χ1v) is 10.1. The van der Waals surface area contributed by atoms with Gasteiger partial charge in [0, 0.05) is 19.2 Å². The summed E-state index contributed by atoms with van der Waals surface area (Å²) in [6.07, 6.45) is 35.0. The molecule has 138 valence electrons. The summed E-state index contributed by atoms with van der Waals surface area (Å²) in [5.74, 6) is 2.20. The minimum atomic E-state index is 0.617. The summed E-state index contributed by atoms with van der Waals surface area (Å²) in [4.78, 5) is 4.70. The van der Waals surface area contributed by atoms with Crippen molar-refractivity contribution in [1.82, 2.24) is 5.32 Å². The van der Waals surface area contributed by atoms with Crippen LogP contribution in [0.25, 0.3) is 0 Å². The Hall–Kier alpha value is -2.61. The number of fused-ring (bicyclic) bond motifs is 1. The van der Waals surface area contributed by atoms with Crippen molar-refractivity contribution >= 4 is 5.71 Å². The third kappa shape index (κ3) is 4.97. The van der Waals surface area contributed by atoms with Crippen LogP contribution in [0.4, 0.5) is 0 Å². The molecule has 0 spiro atoms. The van der Waals surface area contributed by atoms with Crippen LogP contribution in [0.2, 0.25) is 0 Å². The smallest absolute Gasteiger partial charge is 0.0672 e. The highest BCUT2D eigenvalue weighted by Gasteiger charge is 2.37. The van der Waals surface area contributed by atoms with E-state index in [4.69, 9.17) is 4.99 Å². The van der Waals surface area contributed by atoms with Crippen LogP contribution in [0, 0.1) is 17.8 Å². The van der Waals surface area contributed by atoms with Crippen molar-refractivity contribution in [2.24, 2.45) is 22.7 Å². The molecular formula is C25H28N2. The van der Waals surface area contributed by atoms with Crippen LogP contribution in [-0.2, 0) is 0 Å². The molecule has 2 heteroatoms. The van der Waals surface area contributed by atoms with Crippen LogP contribution < -0.4 is 5.32 Å². The first-order valence-electron chi connectivity index (χ1n) is 10.1. The topological polar surface area (TPSA) is 24.4 Å². The Labute approximate surface area is 162 Å². The molecule has 3 unspecified atom stereocenters. The summed E-state index contributed by atoms with van der Waals surface area (Å²) < 4.78 is 0. The zero-order chi connectivity index (χ0) is 18.3. The summed E-state index contributed by atoms with van der Waals surface area (Å²) in [5.41, 5.74) is 3.72. The monoisotopic (exact) mass is 356 g/mol. The predicted molar refractivity (Wildman–Crippen MR) is 115 cm³/mol. The van der Waals surface area contributed by atoms with Gasteiger partial charge in [0.15, 0.2) is 0 Å². The Morgan fingerprint density at radius 3 is 2.96 bits per heavy atom. The Kier molecular flexibility index (Phi) is 5.83. The molecule has 0 aromatic rings. The summed E-state index contributed by atoms with van der Waals surface area (Å²) in [5, 5.41) is 3.52. The van der Waals surface area contributed by atoms with Crippen molar-refractivity contribution in [2.75, 3.05) is 6.54 Å². The predicted octanol–water partition coefficient (Wildman–Crippen LogP) is 5.59. The Balaban J connectivity index is 1.27. The fourth-order valence-electron chi connectivity index (χ4n) is 3.80. The lowest BCUT2D eigenvalue weighted by atomic mass is 9.97. The van der Waals surface area contributed by atoms with E-state index in [2.05, 4.69) is 84.3 Å². The molecule has 0 aromatic heterocycles. The van der Waals surface area contributed by atoms with Gasteiger partial charge in [0.05, 0.1) is 11.4 Å². The number of allylic oxidation sites excluding steroid dienone is 14. The third-order valence-electron chi connectivity index (χ3n) is 5.50. The van der Waals surface area contributed by atoms with Crippen LogP contribution in [0.1, 0.15) is 25.7 Å². The second kappa shape index (κ2) is 8.85. The lowest BCUT2D eigenvalue weighted by Gasteiger charge is -2.13. The van der Waals surface area contributed by atoms with Gasteiger partial charge >= 0.3 is 0 Å². The maximum absolute atomic E-state index is 4.70. The van der Waals surface area contributed by atoms with E-state index in [1.807, 2.05) is 6.20 Å². The minimum absolute atomic E-state index is 0.617. The molecule has 0 radical (unpaired) electrons. The summed E-state index contributed by atoms with van der Waals surface area (Å²) in [6, 6.07) is 0. The molecule has 3 atom stereocenters. The van der Waals surface area contributed by atoms with Crippen molar-refractivity contribution in [3.63, 3.8) is 0 Å². The fraction of sp³-hybridized carbons (Fsp3) is 0.320. The zero-order valence-corrected chi connectivity index (χ0v) is 15.8. The molecular weight excluding hydrogens is 328 g/mol. The second-order valence-corrected chi connectivity index (χ2v) is 7.56. The van der Waals surface area contributed by atoms with Crippen LogP contribution in [0.3, 0.4) is 0 Å². The summed E-state index contributed by atoms with van der Waals surface area (Å²) in [7, 11) is 0. The average Bonchev–Trinajstić information content (AvgIpc) is 3.51. The molecule has 4 aliphatic rings. The van der Waals surface area contributed by atoms with Crippen molar-refractivity contribution < 1.29 is 0 Å². The molecule has 1 N–H and O–H groups in total. The maximum Gasteiger partial charge on any atom is 0.0672 e. The van der Waals surface area contributed by atoms with E-state index in [0.29, 0.717) is 5.92 Å². The van der Waals surface area contributed by atoms with E-state index in [0.717, 1.165) is 49.1 Å². The largest absolute Gasteiger partial charge is 0.380 e. The minimum Gasteiger partial charge on any atom is -0.380 e. The van der Waals surface area contributed by atoms with Gasteiger partial charge in [0.2, 0.25) is 0 Å². The standard InChI is InChI=1S/C25H28N2/c1-2-9-20(10-3-1)11-7-17-26-24-15-4-5-16-25(24)27-18-8-14-21-12-6-13-22-19-23(21)22/h1-9,12-14,16-17,20,22-23,27H,10-11,15,18-19H2/b14-8+,17-7-,26-24?. The Morgan fingerprint density at radius 1 is 1.04 bits per heavy atom. The van der Waals surface area contributed by atoms with Gasteiger partial charge in [0.25, 0.3) is 0 Å². The van der Waals surface area contributed by atoms with E-state index in [-0.39, 0.29) is 0 Å². The summed E-state index contributed by atoms with van der Waals surface area (Å²) >= 11 is 0. The van der Waals surface area contributed by atoms with Crippen molar-refractivity contribution in [3.8, 4) is 0 Å². The Bertz CT molecular complexity index is 811. The number of aliphatic imine (C=N–C) groups is 1. The van der Waals surface area contributed by atoms with Crippen molar-refractivity contribution in [2.45, 2.75) is 25.7 Å². The second-order valence-electron chi connectivity index (χ2n) is 7.56. The molecule has 4 aliphatic carbocycles. The van der Waals surface area contributed by atoms with Gasteiger partial charge in [-0.05, 0) is 48.7 Å². The molecule has 4 rings (SSSR count). The van der Waals surface area contributed by atoms with Crippen LogP contribution in [0.15, 0.2) is 101 Å². The van der Waals surface area contributed by atoms with Gasteiger partial charge in [-0.3, -0.25) is 4.99 Å². The quantitative estimate of drug-likeness (QED) is 0.632. The molecule has 0 aromatic carbocycles. The maximum atomic E-state index is 4.70. The number of hydrogen-bond acceptors (Lipinski definition) is 2. The molecule has 0 heterocycles. The summed E-state index contributed by atoms with van der Waals surface area (Å²) in [6.45, 7) is 0.833. The van der Waals surface area contributed by atoms with Gasteiger partial charge in [-0.15, -0.1) is 0 Å². The molecule has 2 nitrogen and oxygen atoms in total. The van der Waals surface area contributed by atoms with Crippen molar-refractivity contribution in [1.29, 1.82) is 0 Å². The fourth-order valence-corrected chi connectivity index (χ4v) is 3.80. The first-order chi connectivity index (χ1) is 13.4. The van der Waals surface area contributed by atoms with Crippen LogP contribution in [0.5, 0.6) is 0 Å². The average molecular weight is 357 g/mol. The molecule has 0 bridgehead atoms. The lowest BCUT2D eigenvalue weighted by Crippen LogP contribution is -2.21. The van der Waals surface area contributed by atoms with E-state index >= 15 is 0 Å². The van der Waals surface area contributed by atoms with Gasteiger partial charge < -0.3 is 5.32 Å². The highest BCUT2D eigenvalue weighted by Crippen LogP contribution is 2.47. The third-order valence-corrected chi connectivity index (χ3v) is 5.50. The normalized spacial score (nSPS) is 30.1. The molecule has 27 heavy (non-hydrogen) atoms. The highest BCUT2D eigenvalue weighted by molar-refractivity contribution is 6.02. The number of rotatable bonds is 7. The molecule has 1 saturated carbocycles. The molecule has 1 fully saturated rings. The number of nitrogens with one attached hydrogen (secondary N) is 1. The number of nitrogens with zero attached hydrogens (tertiary/aromatic N) is 1. The molecule has 0 amide bonds. The van der Waals surface area contributed by atoms with Crippen LogP contribution >= 0.6 is 0 Å². The van der Waals surface area contributed by atoms with Crippen molar-refractivity contribution in [3.05, 3.63) is 96.5 Å². The van der Waals surface area contributed by atoms with E-state index in [9.17, 15) is 0 Å². The van der Waals surface area contributed by atoms with Gasteiger partial charge in [-0.2, -0.15) is 0 Å². The van der Waals surface area contributed by atoms with Crippen LogP contribution in [-0.4, -0.2) is 12.3 Å². The first kappa shape index (κ1) is 17.8. The van der Waals surface area contributed by atoms with E-state index < -0.39 is 0 Å². The molecule has 0 saturated heterocycles. The highest BCUT2D eigenvalue weighted by atomic mass is 14.9. The lowest BCUT2D eigenvalue weighted by molar-refractivity contribution is 0.668. The van der Waals surface area contributed by atoms with Gasteiger partial charge in [-0.25, -0.2) is 0 Å². The van der Waals surface area contributed by atoms with Gasteiger partial charge in [-0.1, -0.05) is 72.9 Å². The zero-order valence-electron chi connectivity index (χ0n) is 15.8. The van der Waals surface area contributed by atoms with E-state index in [1.54, 1.807) is 0 Å². The Morgan fingerprint density at radius 2 is 2.04 bits per heavy atom. The van der Waals surface area contributed by atoms with E-state index in [1.165, 1.54) is 12.0 Å². The SMILES string of the molecule is C1=CCC(=N/C=C\CC2C=CC=CC2)C(NC/C=C/C2=CC=CC3CC23)=C1. The van der Waals surface area contributed by atoms with Gasteiger partial charge in [0.1, 0.15) is 0 Å². The number of hydrogen-bond donors (Lipinski definition) is 1.